The third kappa shape index (κ3) is 2.31. The SMILES string of the molecule is O=C(O)C12CC(CN3CCc4sccc4C3c3ccc(Cl)cc3)(C1)C2. The fourth-order valence-corrected chi connectivity index (χ4v) is 6.43. The zero-order valence-corrected chi connectivity index (χ0v) is 15.4. The predicted octanol–water partition coefficient (Wildman–Crippen LogP) is 4.60. The number of rotatable bonds is 4. The molecule has 0 radical (unpaired) electrons. The molecule has 2 bridgehead atoms. The third-order valence-corrected chi connectivity index (χ3v) is 7.63. The largest absolute Gasteiger partial charge is 0.481 e. The summed E-state index contributed by atoms with van der Waals surface area (Å²) in [5.74, 6) is -0.595. The highest BCUT2D eigenvalue weighted by Gasteiger charge is 2.72. The van der Waals surface area contributed by atoms with E-state index in [2.05, 4.69) is 28.5 Å². The first-order valence-corrected chi connectivity index (χ1v) is 10.1. The van der Waals surface area contributed by atoms with Gasteiger partial charge >= 0.3 is 5.97 Å². The van der Waals surface area contributed by atoms with E-state index in [1.54, 1.807) is 0 Å². The van der Waals surface area contributed by atoms with Gasteiger partial charge in [-0.05, 0) is 65.8 Å². The van der Waals surface area contributed by atoms with Gasteiger partial charge in [-0.3, -0.25) is 9.69 Å². The first-order valence-electron chi connectivity index (χ1n) is 8.80. The van der Waals surface area contributed by atoms with E-state index in [0.717, 1.165) is 43.8 Å². The van der Waals surface area contributed by atoms with Crippen molar-refractivity contribution in [1.29, 1.82) is 0 Å². The van der Waals surface area contributed by atoms with Crippen molar-refractivity contribution in [1.82, 2.24) is 4.90 Å². The molecule has 0 amide bonds. The third-order valence-electron chi connectivity index (χ3n) is 6.38. The van der Waals surface area contributed by atoms with Gasteiger partial charge in [-0.2, -0.15) is 0 Å². The zero-order valence-electron chi connectivity index (χ0n) is 13.9. The average Bonchev–Trinajstić information content (AvgIpc) is 2.98. The first kappa shape index (κ1) is 15.9. The Morgan fingerprint density at radius 2 is 1.96 bits per heavy atom. The number of fused-ring (bicyclic) bond motifs is 1. The second-order valence-corrected chi connectivity index (χ2v) is 9.53. The van der Waals surface area contributed by atoms with Gasteiger partial charge in [0.2, 0.25) is 0 Å². The van der Waals surface area contributed by atoms with Crippen LogP contribution >= 0.6 is 22.9 Å². The minimum Gasteiger partial charge on any atom is -0.481 e. The number of benzene rings is 1. The predicted molar refractivity (Wildman–Crippen MR) is 99.2 cm³/mol. The number of aliphatic carboxylic acids is 1. The molecule has 1 aromatic carbocycles. The van der Waals surface area contributed by atoms with Gasteiger partial charge in [-0.25, -0.2) is 0 Å². The Morgan fingerprint density at radius 1 is 1.24 bits per heavy atom. The summed E-state index contributed by atoms with van der Waals surface area (Å²) in [5, 5.41) is 12.3. The van der Waals surface area contributed by atoms with E-state index in [9.17, 15) is 9.90 Å². The number of carboxylic acid groups (broad SMARTS) is 1. The van der Waals surface area contributed by atoms with Crippen LogP contribution in [-0.4, -0.2) is 29.1 Å². The summed E-state index contributed by atoms with van der Waals surface area (Å²) in [6, 6.07) is 10.7. The van der Waals surface area contributed by atoms with Gasteiger partial charge in [-0.1, -0.05) is 23.7 Å². The average molecular weight is 374 g/mol. The summed E-state index contributed by atoms with van der Waals surface area (Å²) in [5.41, 5.74) is 2.54. The number of carboxylic acids is 1. The lowest BCUT2D eigenvalue weighted by Crippen LogP contribution is -2.69. The number of nitrogens with zero attached hydrogens (tertiary/aromatic N) is 1. The van der Waals surface area contributed by atoms with Crippen LogP contribution in [0.4, 0.5) is 0 Å². The number of halogens is 1. The van der Waals surface area contributed by atoms with Crippen LogP contribution in [0, 0.1) is 10.8 Å². The van der Waals surface area contributed by atoms with Crippen LogP contribution in [-0.2, 0) is 11.2 Å². The molecule has 1 aliphatic heterocycles. The molecule has 3 aliphatic carbocycles. The Balaban J connectivity index is 1.43. The molecule has 4 aliphatic rings. The second-order valence-electron chi connectivity index (χ2n) is 8.09. The summed E-state index contributed by atoms with van der Waals surface area (Å²) >= 11 is 7.94. The molecule has 3 saturated carbocycles. The topological polar surface area (TPSA) is 40.5 Å². The quantitative estimate of drug-likeness (QED) is 0.851. The lowest BCUT2D eigenvalue weighted by atomic mass is 9.35. The Hall–Kier alpha value is -1.36. The van der Waals surface area contributed by atoms with E-state index in [4.69, 9.17) is 11.6 Å². The van der Waals surface area contributed by atoms with E-state index in [1.165, 1.54) is 16.0 Å². The molecule has 1 unspecified atom stereocenters. The molecule has 2 heterocycles. The van der Waals surface area contributed by atoms with E-state index in [0.29, 0.717) is 0 Å². The Bertz CT molecular complexity index is 824. The van der Waals surface area contributed by atoms with Gasteiger partial charge in [0.25, 0.3) is 0 Å². The van der Waals surface area contributed by atoms with Gasteiger partial charge in [0.15, 0.2) is 0 Å². The maximum atomic E-state index is 11.4. The molecule has 1 aromatic heterocycles. The minimum absolute atomic E-state index is 0.233. The maximum absolute atomic E-state index is 11.4. The fourth-order valence-electron chi connectivity index (χ4n) is 5.40. The van der Waals surface area contributed by atoms with Crippen LogP contribution < -0.4 is 0 Å². The van der Waals surface area contributed by atoms with E-state index >= 15 is 0 Å². The van der Waals surface area contributed by atoms with Crippen LogP contribution in [0.1, 0.15) is 41.3 Å². The normalized spacial score (nSPS) is 33.2. The molecule has 1 atom stereocenters. The number of hydrogen-bond acceptors (Lipinski definition) is 3. The molecule has 2 aromatic rings. The van der Waals surface area contributed by atoms with Crippen molar-refractivity contribution in [3.8, 4) is 0 Å². The van der Waals surface area contributed by atoms with Crippen molar-refractivity contribution in [2.45, 2.75) is 31.7 Å². The highest BCUT2D eigenvalue weighted by atomic mass is 35.5. The van der Waals surface area contributed by atoms with Crippen LogP contribution in [0.3, 0.4) is 0 Å². The molecule has 0 saturated heterocycles. The summed E-state index contributed by atoms with van der Waals surface area (Å²) < 4.78 is 0. The van der Waals surface area contributed by atoms with Crippen LogP contribution in [0.2, 0.25) is 5.02 Å². The Labute approximate surface area is 156 Å². The highest BCUT2D eigenvalue weighted by Crippen LogP contribution is 2.73. The summed E-state index contributed by atoms with van der Waals surface area (Å²) in [6.07, 6.45) is 3.66. The molecule has 25 heavy (non-hydrogen) atoms. The smallest absolute Gasteiger partial charge is 0.309 e. The first-order chi connectivity index (χ1) is 12.0. The summed E-state index contributed by atoms with van der Waals surface area (Å²) in [6.45, 7) is 2.05. The summed E-state index contributed by atoms with van der Waals surface area (Å²) in [7, 11) is 0. The zero-order chi connectivity index (χ0) is 17.2. The number of hydrogen-bond donors (Lipinski definition) is 1. The van der Waals surface area contributed by atoms with Crippen LogP contribution in [0.5, 0.6) is 0 Å². The van der Waals surface area contributed by atoms with Gasteiger partial charge in [0, 0.05) is 23.0 Å². The van der Waals surface area contributed by atoms with Gasteiger partial charge < -0.3 is 5.11 Å². The molecule has 3 nitrogen and oxygen atoms in total. The molecule has 1 N–H and O–H groups in total. The van der Waals surface area contributed by atoms with E-state index in [-0.39, 0.29) is 16.9 Å². The van der Waals surface area contributed by atoms with E-state index in [1.807, 2.05) is 23.5 Å². The van der Waals surface area contributed by atoms with Crippen molar-refractivity contribution in [2.24, 2.45) is 10.8 Å². The molecule has 6 rings (SSSR count). The lowest BCUT2D eigenvalue weighted by Gasteiger charge is -2.69. The Kier molecular flexibility index (Phi) is 3.38. The van der Waals surface area contributed by atoms with Crippen LogP contribution in [0.15, 0.2) is 35.7 Å². The molecular weight excluding hydrogens is 354 g/mol. The van der Waals surface area contributed by atoms with Gasteiger partial charge in [-0.15, -0.1) is 11.3 Å². The Morgan fingerprint density at radius 3 is 2.64 bits per heavy atom. The number of thiophene rings is 1. The minimum atomic E-state index is -0.595. The molecule has 5 heteroatoms. The monoisotopic (exact) mass is 373 g/mol. The van der Waals surface area contributed by atoms with Crippen molar-refractivity contribution in [3.63, 3.8) is 0 Å². The maximum Gasteiger partial charge on any atom is 0.309 e. The fraction of sp³-hybridized carbons (Fsp3) is 0.450. The highest BCUT2D eigenvalue weighted by molar-refractivity contribution is 7.10. The van der Waals surface area contributed by atoms with Crippen molar-refractivity contribution in [3.05, 3.63) is 56.7 Å². The standard InChI is InChI=1S/C20H20ClNO2S/c21-14-3-1-13(2-4-14)17-15-6-8-25-16(15)5-7-22(17)12-19-9-20(10-19,11-19)18(23)24/h1-4,6,8,17H,5,7,9-12H2,(H,23,24). The molecular formula is C20H20ClNO2S. The lowest BCUT2D eigenvalue weighted by molar-refractivity contribution is -0.229. The second kappa shape index (κ2) is 5.32. The van der Waals surface area contributed by atoms with Crippen LogP contribution in [0.25, 0.3) is 0 Å². The van der Waals surface area contributed by atoms with Crippen molar-refractivity contribution in [2.75, 3.05) is 13.1 Å². The van der Waals surface area contributed by atoms with E-state index < -0.39 is 5.97 Å². The molecule has 3 fully saturated rings. The van der Waals surface area contributed by atoms with Gasteiger partial charge in [0.05, 0.1) is 11.5 Å². The summed E-state index contributed by atoms with van der Waals surface area (Å²) in [4.78, 5) is 15.5. The van der Waals surface area contributed by atoms with Crippen molar-refractivity contribution >= 4 is 28.9 Å². The molecule has 130 valence electrons. The van der Waals surface area contributed by atoms with Crippen molar-refractivity contribution < 1.29 is 9.90 Å². The number of carbonyl (C=O) groups is 1. The van der Waals surface area contributed by atoms with Gasteiger partial charge in [0.1, 0.15) is 0 Å². The molecule has 0 spiro atoms.